The van der Waals surface area contributed by atoms with E-state index < -0.39 is 5.60 Å². The molecule has 1 aromatic heterocycles. The summed E-state index contributed by atoms with van der Waals surface area (Å²) in [4.78, 5) is 0. The van der Waals surface area contributed by atoms with Crippen LogP contribution in [0.1, 0.15) is 38.2 Å². The van der Waals surface area contributed by atoms with Crippen molar-refractivity contribution in [3.05, 3.63) is 24.2 Å². The minimum absolute atomic E-state index is 0.470. The fourth-order valence-electron chi connectivity index (χ4n) is 2.69. The average Bonchev–Trinajstić information content (AvgIpc) is 2.75. The molecule has 1 saturated carbocycles. The lowest BCUT2D eigenvalue weighted by molar-refractivity contribution is 0.00135. The second-order valence-electron chi connectivity index (χ2n) is 4.41. The van der Waals surface area contributed by atoms with Crippen LogP contribution in [0.15, 0.2) is 23.0 Å². The molecule has 1 aromatic rings. The Labute approximate surface area is 84.9 Å². The maximum absolute atomic E-state index is 10.5. The molecule has 1 heterocycles. The van der Waals surface area contributed by atoms with Crippen molar-refractivity contribution in [1.29, 1.82) is 0 Å². The SMILES string of the molecule is CCC1CCCC1(O)Cc1ccoc1. The summed E-state index contributed by atoms with van der Waals surface area (Å²) in [6.07, 6.45) is 8.52. The maximum atomic E-state index is 10.5. The van der Waals surface area contributed by atoms with Crippen LogP contribution in [0, 0.1) is 5.92 Å². The highest BCUT2D eigenvalue weighted by molar-refractivity contribution is 5.11. The van der Waals surface area contributed by atoms with Crippen molar-refractivity contribution < 1.29 is 9.52 Å². The van der Waals surface area contributed by atoms with Gasteiger partial charge in [0.2, 0.25) is 0 Å². The number of rotatable bonds is 3. The van der Waals surface area contributed by atoms with Gasteiger partial charge >= 0.3 is 0 Å². The normalized spacial score (nSPS) is 32.3. The molecule has 2 unspecified atom stereocenters. The topological polar surface area (TPSA) is 33.4 Å². The summed E-state index contributed by atoms with van der Waals surface area (Å²) >= 11 is 0. The summed E-state index contributed by atoms with van der Waals surface area (Å²) in [5.74, 6) is 0.470. The smallest absolute Gasteiger partial charge is 0.0935 e. The molecular weight excluding hydrogens is 176 g/mol. The Hall–Kier alpha value is -0.760. The van der Waals surface area contributed by atoms with Gasteiger partial charge in [-0.1, -0.05) is 19.8 Å². The molecule has 2 atom stereocenters. The summed E-state index contributed by atoms with van der Waals surface area (Å²) in [5, 5.41) is 10.5. The maximum Gasteiger partial charge on any atom is 0.0935 e. The largest absolute Gasteiger partial charge is 0.472 e. The van der Waals surface area contributed by atoms with Gasteiger partial charge in [-0.25, -0.2) is 0 Å². The minimum Gasteiger partial charge on any atom is -0.472 e. The van der Waals surface area contributed by atoms with Crippen LogP contribution in [-0.4, -0.2) is 10.7 Å². The van der Waals surface area contributed by atoms with Crippen molar-refractivity contribution in [1.82, 2.24) is 0 Å². The fraction of sp³-hybridized carbons (Fsp3) is 0.667. The lowest BCUT2D eigenvalue weighted by atomic mass is 9.84. The second-order valence-corrected chi connectivity index (χ2v) is 4.41. The van der Waals surface area contributed by atoms with Crippen molar-refractivity contribution in [2.24, 2.45) is 5.92 Å². The standard InChI is InChI=1S/C12H18O2/c1-2-11-4-3-6-12(11,13)8-10-5-7-14-9-10/h5,7,9,11,13H,2-4,6,8H2,1H3. The Morgan fingerprint density at radius 3 is 3.14 bits per heavy atom. The molecule has 1 fully saturated rings. The highest BCUT2D eigenvalue weighted by Crippen LogP contribution is 2.39. The quantitative estimate of drug-likeness (QED) is 0.802. The highest BCUT2D eigenvalue weighted by Gasteiger charge is 2.39. The van der Waals surface area contributed by atoms with Crippen LogP contribution in [0.4, 0.5) is 0 Å². The van der Waals surface area contributed by atoms with Crippen molar-refractivity contribution in [3.63, 3.8) is 0 Å². The summed E-state index contributed by atoms with van der Waals surface area (Å²) in [5.41, 5.74) is 0.645. The Morgan fingerprint density at radius 2 is 2.50 bits per heavy atom. The zero-order valence-electron chi connectivity index (χ0n) is 8.70. The lowest BCUT2D eigenvalue weighted by Gasteiger charge is -2.29. The first-order valence-corrected chi connectivity index (χ1v) is 5.48. The monoisotopic (exact) mass is 194 g/mol. The molecule has 1 N–H and O–H groups in total. The molecule has 0 aliphatic heterocycles. The molecule has 2 heteroatoms. The number of hydrogen-bond acceptors (Lipinski definition) is 2. The van der Waals surface area contributed by atoms with Gasteiger partial charge in [-0.05, 0) is 30.4 Å². The zero-order valence-corrected chi connectivity index (χ0v) is 8.70. The summed E-state index contributed by atoms with van der Waals surface area (Å²) in [6.45, 7) is 2.16. The van der Waals surface area contributed by atoms with Gasteiger partial charge in [0.25, 0.3) is 0 Å². The lowest BCUT2D eigenvalue weighted by Crippen LogP contribution is -2.35. The number of furan rings is 1. The summed E-state index contributed by atoms with van der Waals surface area (Å²) < 4.78 is 5.03. The molecule has 0 bridgehead atoms. The predicted molar refractivity (Wildman–Crippen MR) is 55.0 cm³/mol. The van der Waals surface area contributed by atoms with Crippen LogP contribution in [0.3, 0.4) is 0 Å². The first-order valence-electron chi connectivity index (χ1n) is 5.48. The van der Waals surface area contributed by atoms with E-state index in [2.05, 4.69) is 6.92 Å². The Morgan fingerprint density at radius 1 is 1.64 bits per heavy atom. The van der Waals surface area contributed by atoms with Gasteiger partial charge < -0.3 is 9.52 Å². The molecule has 1 aliphatic carbocycles. The van der Waals surface area contributed by atoms with Crippen molar-refractivity contribution in [2.75, 3.05) is 0 Å². The van der Waals surface area contributed by atoms with Crippen LogP contribution in [0.2, 0.25) is 0 Å². The third-order valence-electron chi connectivity index (χ3n) is 3.51. The van der Waals surface area contributed by atoms with Gasteiger partial charge in [0.15, 0.2) is 0 Å². The fourth-order valence-corrected chi connectivity index (χ4v) is 2.69. The molecule has 1 aliphatic rings. The van der Waals surface area contributed by atoms with E-state index in [1.165, 1.54) is 6.42 Å². The molecule has 2 nitrogen and oxygen atoms in total. The van der Waals surface area contributed by atoms with E-state index in [1.54, 1.807) is 12.5 Å². The first kappa shape index (κ1) is 9.78. The van der Waals surface area contributed by atoms with Crippen LogP contribution >= 0.6 is 0 Å². The molecule has 0 saturated heterocycles. The first-order chi connectivity index (χ1) is 6.74. The van der Waals surface area contributed by atoms with E-state index >= 15 is 0 Å². The van der Waals surface area contributed by atoms with E-state index in [4.69, 9.17) is 4.42 Å². The average molecular weight is 194 g/mol. The minimum atomic E-state index is -0.474. The van der Waals surface area contributed by atoms with E-state index in [1.807, 2.05) is 6.07 Å². The van der Waals surface area contributed by atoms with Gasteiger partial charge in [-0.3, -0.25) is 0 Å². The molecule has 0 amide bonds. The van der Waals surface area contributed by atoms with E-state index in [0.29, 0.717) is 5.92 Å². The second kappa shape index (κ2) is 3.77. The molecule has 0 aromatic carbocycles. The van der Waals surface area contributed by atoms with Crippen molar-refractivity contribution in [3.8, 4) is 0 Å². The summed E-state index contributed by atoms with van der Waals surface area (Å²) in [7, 11) is 0. The molecule has 14 heavy (non-hydrogen) atoms. The Bertz CT molecular complexity index is 279. The molecule has 0 spiro atoms. The molecule has 0 radical (unpaired) electrons. The van der Waals surface area contributed by atoms with Gasteiger partial charge in [0.1, 0.15) is 0 Å². The third kappa shape index (κ3) is 1.71. The zero-order chi connectivity index (χ0) is 10.0. The van der Waals surface area contributed by atoms with Crippen LogP contribution in [-0.2, 0) is 6.42 Å². The number of aliphatic hydroxyl groups is 1. The molecule has 2 rings (SSSR count). The number of hydrogen-bond donors (Lipinski definition) is 1. The Balaban J connectivity index is 2.08. The van der Waals surface area contributed by atoms with Crippen LogP contribution < -0.4 is 0 Å². The van der Waals surface area contributed by atoms with Gasteiger partial charge in [0, 0.05) is 6.42 Å². The van der Waals surface area contributed by atoms with Gasteiger partial charge in [0.05, 0.1) is 18.1 Å². The molecule has 78 valence electrons. The highest BCUT2D eigenvalue weighted by atomic mass is 16.3. The van der Waals surface area contributed by atoms with Crippen LogP contribution in [0.5, 0.6) is 0 Å². The van der Waals surface area contributed by atoms with Crippen molar-refractivity contribution >= 4 is 0 Å². The van der Waals surface area contributed by atoms with E-state index in [-0.39, 0.29) is 0 Å². The van der Waals surface area contributed by atoms with Gasteiger partial charge in [-0.2, -0.15) is 0 Å². The Kier molecular flexibility index (Phi) is 2.64. The summed E-state index contributed by atoms with van der Waals surface area (Å²) in [6, 6.07) is 1.95. The third-order valence-corrected chi connectivity index (χ3v) is 3.51. The predicted octanol–water partition coefficient (Wildman–Crippen LogP) is 2.76. The van der Waals surface area contributed by atoms with E-state index in [0.717, 1.165) is 31.2 Å². The van der Waals surface area contributed by atoms with Crippen LogP contribution in [0.25, 0.3) is 0 Å². The molecular formula is C12H18O2. The van der Waals surface area contributed by atoms with Gasteiger partial charge in [-0.15, -0.1) is 0 Å². The van der Waals surface area contributed by atoms with E-state index in [9.17, 15) is 5.11 Å². The van der Waals surface area contributed by atoms with Crippen molar-refractivity contribution in [2.45, 2.75) is 44.6 Å².